The molecule has 0 saturated heterocycles. The highest BCUT2D eigenvalue weighted by atomic mass is 16.3. The van der Waals surface area contributed by atoms with Gasteiger partial charge in [-0.1, -0.05) is 36.4 Å². The summed E-state index contributed by atoms with van der Waals surface area (Å²) in [6.07, 6.45) is 2.83. The molecular weight excluding hydrogens is 354 g/mol. The molecule has 0 unspecified atom stereocenters. The van der Waals surface area contributed by atoms with Crippen LogP contribution in [0.15, 0.2) is 65.5 Å². The van der Waals surface area contributed by atoms with Crippen LogP contribution in [-0.4, -0.2) is 45.0 Å². The number of likely N-dealkylation sites (N-methyl/N-ethyl adjacent to an activating group) is 1. The monoisotopic (exact) mass is 375 g/mol. The number of benzene rings is 2. The van der Waals surface area contributed by atoms with Crippen molar-refractivity contribution in [2.24, 2.45) is 12.0 Å². The highest BCUT2D eigenvalue weighted by Gasteiger charge is 2.27. The van der Waals surface area contributed by atoms with E-state index in [2.05, 4.69) is 15.3 Å². The maximum Gasteiger partial charge on any atom is 0.279 e. The van der Waals surface area contributed by atoms with Gasteiger partial charge in [-0.05, 0) is 29.3 Å². The third-order valence-corrected chi connectivity index (χ3v) is 4.76. The van der Waals surface area contributed by atoms with Gasteiger partial charge in [-0.25, -0.2) is 9.98 Å². The molecule has 4 rings (SSSR count). The molecule has 1 atom stereocenters. The lowest BCUT2D eigenvalue weighted by atomic mass is 10.1. The number of hydrogen-bond donors (Lipinski definition) is 2. The zero-order chi connectivity index (χ0) is 19.7. The summed E-state index contributed by atoms with van der Waals surface area (Å²) in [6.45, 7) is 0.259. The number of aromatic nitrogens is 2. The predicted octanol–water partition coefficient (Wildman–Crippen LogP) is 2.07. The summed E-state index contributed by atoms with van der Waals surface area (Å²) in [7, 11) is 3.59. The van der Waals surface area contributed by atoms with Crippen LogP contribution in [0, 0.1) is 0 Å². The highest BCUT2D eigenvalue weighted by Crippen LogP contribution is 2.20. The fourth-order valence-electron chi connectivity index (χ4n) is 3.13. The molecule has 0 aliphatic carbocycles. The Morgan fingerprint density at radius 1 is 1.18 bits per heavy atom. The van der Waals surface area contributed by atoms with Crippen molar-refractivity contribution in [3.63, 3.8) is 0 Å². The van der Waals surface area contributed by atoms with Crippen molar-refractivity contribution in [2.45, 2.75) is 6.10 Å². The van der Waals surface area contributed by atoms with Gasteiger partial charge in [-0.3, -0.25) is 9.69 Å². The van der Waals surface area contributed by atoms with Gasteiger partial charge in [-0.2, -0.15) is 0 Å². The van der Waals surface area contributed by atoms with E-state index in [-0.39, 0.29) is 12.5 Å². The van der Waals surface area contributed by atoms with Crippen molar-refractivity contribution in [1.29, 1.82) is 0 Å². The van der Waals surface area contributed by atoms with E-state index >= 15 is 0 Å². The third-order valence-electron chi connectivity index (χ3n) is 4.76. The first kappa shape index (κ1) is 17.9. The number of carbonyl (C=O) groups is 1. The molecular formula is C21H21N5O2. The van der Waals surface area contributed by atoms with Crippen LogP contribution in [0.1, 0.15) is 17.2 Å². The van der Waals surface area contributed by atoms with E-state index < -0.39 is 6.10 Å². The molecule has 2 N–H and O–H groups in total. The zero-order valence-corrected chi connectivity index (χ0v) is 15.7. The lowest BCUT2D eigenvalue weighted by molar-refractivity contribution is -0.121. The van der Waals surface area contributed by atoms with E-state index in [9.17, 15) is 9.90 Å². The fraction of sp³-hybridized carbons (Fsp3) is 0.190. The van der Waals surface area contributed by atoms with Crippen molar-refractivity contribution >= 4 is 29.0 Å². The number of aliphatic hydroxyl groups excluding tert-OH is 1. The molecule has 0 spiro atoms. The Bertz CT molecular complexity index is 1080. The first-order valence-corrected chi connectivity index (χ1v) is 8.99. The van der Waals surface area contributed by atoms with Gasteiger partial charge in [0.25, 0.3) is 5.91 Å². The first-order valence-electron chi connectivity index (χ1n) is 8.99. The van der Waals surface area contributed by atoms with E-state index in [0.29, 0.717) is 11.7 Å². The lowest BCUT2D eigenvalue weighted by Gasteiger charge is -2.16. The van der Waals surface area contributed by atoms with E-state index in [1.54, 1.807) is 19.5 Å². The molecule has 1 aliphatic heterocycles. The Labute approximate surface area is 162 Å². The standard InChI is InChI=1S/C21H21N5O2/c1-25-13-23-16-9-8-14(11-18(16)25)10-17-20(28)26(2)21(24-17)22-12-19(27)15-6-4-3-5-7-15/h3-11,13,19,27H,12H2,1-2H3,(H,22,24)/b17-10-/t19-/m0/s1. The van der Waals surface area contributed by atoms with Gasteiger partial charge in [-0.15, -0.1) is 0 Å². The van der Waals surface area contributed by atoms with Crippen molar-refractivity contribution in [1.82, 2.24) is 19.8 Å². The minimum absolute atomic E-state index is 0.193. The molecule has 1 aliphatic rings. The summed E-state index contributed by atoms with van der Waals surface area (Å²) in [5.41, 5.74) is 3.92. The van der Waals surface area contributed by atoms with E-state index in [1.165, 1.54) is 4.90 Å². The molecule has 7 nitrogen and oxygen atoms in total. The minimum atomic E-state index is -0.687. The molecule has 1 aromatic heterocycles. The smallest absolute Gasteiger partial charge is 0.279 e. The van der Waals surface area contributed by atoms with Gasteiger partial charge >= 0.3 is 0 Å². The highest BCUT2D eigenvalue weighted by molar-refractivity contribution is 6.13. The Kier molecular flexibility index (Phi) is 4.67. The van der Waals surface area contributed by atoms with Crippen LogP contribution < -0.4 is 5.32 Å². The second-order valence-electron chi connectivity index (χ2n) is 6.74. The van der Waals surface area contributed by atoms with Crippen molar-refractivity contribution in [3.05, 3.63) is 71.7 Å². The van der Waals surface area contributed by atoms with Crippen molar-refractivity contribution in [3.8, 4) is 0 Å². The molecule has 1 amide bonds. The van der Waals surface area contributed by atoms with E-state index in [1.807, 2.05) is 60.1 Å². The molecule has 7 heteroatoms. The van der Waals surface area contributed by atoms with Gasteiger partial charge in [0.05, 0.1) is 23.5 Å². The van der Waals surface area contributed by atoms with Crippen LogP contribution >= 0.6 is 0 Å². The molecule has 142 valence electrons. The number of aliphatic imine (C=N–C) groups is 1. The van der Waals surface area contributed by atoms with Crippen molar-refractivity contribution in [2.75, 3.05) is 13.6 Å². The summed E-state index contributed by atoms with van der Waals surface area (Å²) >= 11 is 0. The number of nitrogens with zero attached hydrogens (tertiary/aromatic N) is 4. The first-order chi connectivity index (χ1) is 13.5. The molecule has 28 heavy (non-hydrogen) atoms. The quantitative estimate of drug-likeness (QED) is 0.684. The Hall–Kier alpha value is -3.45. The van der Waals surface area contributed by atoms with Crippen LogP contribution in [-0.2, 0) is 11.8 Å². The summed E-state index contributed by atoms with van der Waals surface area (Å²) in [5, 5.41) is 13.4. The normalized spacial score (nSPS) is 16.7. The second-order valence-corrected chi connectivity index (χ2v) is 6.74. The fourth-order valence-corrected chi connectivity index (χ4v) is 3.13. The lowest BCUT2D eigenvalue weighted by Crippen LogP contribution is -2.39. The Balaban J connectivity index is 1.53. The average molecular weight is 375 g/mol. The summed E-state index contributed by atoms with van der Waals surface area (Å²) in [5.74, 6) is 0.231. The van der Waals surface area contributed by atoms with Gasteiger partial charge < -0.3 is 15.0 Å². The third kappa shape index (κ3) is 3.39. The average Bonchev–Trinajstić information content (AvgIpc) is 3.21. The molecule has 2 aromatic carbocycles. The maximum atomic E-state index is 12.5. The number of carbonyl (C=O) groups excluding carboxylic acids is 1. The summed E-state index contributed by atoms with van der Waals surface area (Å²) in [6, 6.07) is 15.2. The topological polar surface area (TPSA) is 82.8 Å². The minimum Gasteiger partial charge on any atom is -0.387 e. The number of nitrogens with one attached hydrogen (secondary N) is 1. The number of aryl methyl sites for hydroxylation is 1. The Morgan fingerprint density at radius 3 is 2.75 bits per heavy atom. The number of hydrogen-bond acceptors (Lipinski definition) is 5. The molecule has 0 bridgehead atoms. The van der Waals surface area contributed by atoms with Gasteiger partial charge in [0.1, 0.15) is 5.70 Å². The number of rotatable bonds is 4. The van der Waals surface area contributed by atoms with E-state index in [0.717, 1.165) is 22.2 Å². The van der Waals surface area contributed by atoms with Gasteiger partial charge in [0.2, 0.25) is 5.96 Å². The number of aliphatic hydroxyl groups is 1. The van der Waals surface area contributed by atoms with Crippen molar-refractivity contribution < 1.29 is 9.90 Å². The molecule has 0 saturated carbocycles. The van der Waals surface area contributed by atoms with Gasteiger partial charge in [0.15, 0.2) is 0 Å². The Morgan fingerprint density at radius 2 is 1.96 bits per heavy atom. The number of guanidine groups is 1. The maximum absolute atomic E-state index is 12.5. The molecule has 0 radical (unpaired) electrons. The van der Waals surface area contributed by atoms with Gasteiger partial charge in [0, 0.05) is 20.6 Å². The van der Waals surface area contributed by atoms with E-state index in [4.69, 9.17) is 0 Å². The van der Waals surface area contributed by atoms with Crippen LogP contribution in [0.4, 0.5) is 0 Å². The summed E-state index contributed by atoms with van der Waals surface area (Å²) < 4.78 is 1.93. The number of amides is 1. The molecule has 0 fully saturated rings. The van der Waals surface area contributed by atoms with Crippen LogP contribution in [0.2, 0.25) is 0 Å². The molecule has 3 aromatic rings. The van der Waals surface area contributed by atoms with Crippen LogP contribution in [0.3, 0.4) is 0 Å². The molecule has 2 heterocycles. The SMILES string of the molecule is CN1C(=O)/C(=C/c2ccc3ncn(C)c3c2)N=C1NC[C@H](O)c1ccccc1. The zero-order valence-electron chi connectivity index (χ0n) is 15.7. The number of fused-ring (bicyclic) bond motifs is 1. The predicted molar refractivity (Wildman–Crippen MR) is 108 cm³/mol. The van der Waals surface area contributed by atoms with Crippen LogP contribution in [0.25, 0.3) is 17.1 Å². The largest absolute Gasteiger partial charge is 0.387 e. The summed E-state index contributed by atoms with van der Waals surface area (Å²) in [4.78, 5) is 22.7. The second kappa shape index (κ2) is 7.28. The van der Waals surface area contributed by atoms with Crippen LogP contribution in [0.5, 0.6) is 0 Å². The number of imidazole rings is 1.